The summed E-state index contributed by atoms with van der Waals surface area (Å²) in [5.41, 5.74) is 1.50. The number of piperidine rings is 1. The normalized spacial score (nSPS) is 20.8. The van der Waals surface area contributed by atoms with E-state index in [1.807, 2.05) is 12.1 Å². The van der Waals surface area contributed by atoms with Crippen molar-refractivity contribution in [2.45, 2.75) is 25.7 Å². The third-order valence-electron chi connectivity index (χ3n) is 4.27. The molecular formula is C14H14BrFN2. The fourth-order valence-corrected chi connectivity index (χ4v) is 3.24. The van der Waals surface area contributed by atoms with Crippen LogP contribution in [0.2, 0.25) is 0 Å². The zero-order valence-corrected chi connectivity index (χ0v) is 11.6. The lowest BCUT2D eigenvalue weighted by molar-refractivity contribution is 0.384. The molecule has 1 aromatic rings. The maximum Gasteiger partial charge on any atom is 0.144 e. The Hall–Kier alpha value is -1.08. The van der Waals surface area contributed by atoms with Gasteiger partial charge in [0.2, 0.25) is 0 Å². The van der Waals surface area contributed by atoms with E-state index in [0.29, 0.717) is 9.89 Å². The second-order valence-electron chi connectivity index (χ2n) is 5.38. The maximum absolute atomic E-state index is 13.8. The number of rotatable bonds is 1. The number of nitrogens with zero attached hydrogens (tertiary/aromatic N) is 2. The minimum absolute atomic E-state index is 0.171. The van der Waals surface area contributed by atoms with Crippen molar-refractivity contribution in [2.24, 2.45) is 5.41 Å². The molecule has 3 rings (SSSR count). The Balaban J connectivity index is 1.90. The molecule has 18 heavy (non-hydrogen) atoms. The van der Waals surface area contributed by atoms with Crippen molar-refractivity contribution in [3.63, 3.8) is 0 Å². The van der Waals surface area contributed by atoms with Crippen LogP contribution in [0.15, 0.2) is 16.6 Å². The topological polar surface area (TPSA) is 27.0 Å². The summed E-state index contributed by atoms with van der Waals surface area (Å²) in [6, 6.07) is 5.20. The summed E-state index contributed by atoms with van der Waals surface area (Å²) >= 11 is 3.30. The zero-order valence-electron chi connectivity index (χ0n) is 10.0. The van der Waals surface area contributed by atoms with Crippen LogP contribution in [-0.2, 0) is 0 Å². The van der Waals surface area contributed by atoms with Crippen molar-refractivity contribution < 1.29 is 4.39 Å². The van der Waals surface area contributed by atoms with Crippen LogP contribution in [0.25, 0.3) is 0 Å². The molecule has 4 heteroatoms. The van der Waals surface area contributed by atoms with Gasteiger partial charge in [-0.1, -0.05) is 15.9 Å². The van der Waals surface area contributed by atoms with E-state index in [1.54, 1.807) is 0 Å². The smallest absolute Gasteiger partial charge is 0.144 e. The van der Waals surface area contributed by atoms with E-state index in [9.17, 15) is 4.39 Å². The summed E-state index contributed by atoms with van der Waals surface area (Å²) in [5.74, 6) is -0.436. The summed E-state index contributed by atoms with van der Waals surface area (Å²) in [7, 11) is 0. The first kappa shape index (κ1) is 12.0. The van der Waals surface area contributed by atoms with Crippen LogP contribution in [0.4, 0.5) is 10.1 Å². The molecule has 0 bridgehead atoms. The molecule has 1 aliphatic carbocycles. The average molecular weight is 309 g/mol. The third-order valence-corrected chi connectivity index (χ3v) is 4.73. The Morgan fingerprint density at radius 3 is 2.44 bits per heavy atom. The molecule has 0 amide bonds. The van der Waals surface area contributed by atoms with E-state index in [-0.39, 0.29) is 5.56 Å². The molecule has 0 unspecified atom stereocenters. The standard InChI is InChI=1S/C14H14BrFN2/c15-10-7-12(16)11(9-17)13(8-10)18-5-3-14(1-2-14)4-6-18/h7-8H,1-6H2. The zero-order chi connectivity index (χ0) is 12.8. The van der Waals surface area contributed by atoms with E-state index >= 15 is 0 Å². The fourth-order valence-electron chi connectivity index (χ4n) is 2.82. The van der Waals surface area contributed by atoms with Gasteiger partial charge in [0, 0.05) is 17.6 Å². The molecule has 2 nitrogen and oxygen atoms in total. The molecule has 0 aromatic heterocycles. The first-order valence-corrected chi connectivity index (χ1v) is 7.07. The summed E-state index contributed by atoms with van der Waals surface area (Å²) in [6.45, 7) is 1.87. The molecule has 0 atom stereocenters. The Morgan fingerprint density at radius 1 is 1.22 bits per heavy atom. The van der Waals surface area contributed by atoms with Gasteiger partial charge in [0.1, 0.15) is 17.4 Å². The van der Waals surface area contributed by atoms with Crippen molar-refractivity contribution in [1.29, 1.82) is 5.26 Å². The number of nitriles is 1. The van der Waals surface area contributed by atoms with E-state index in [4.69, 9.17) is 5.26 Å². The SMILES string of the molecule is N#Cc1c(F)cc(Br)cc1N1CCC2(CC1)CC2. The quantitative estimate of drug-likeness (QED) is 0.788. The lowest BCUT2D eigenvalue weighted by Crippen LogP contribution is -2.35. The van der Waals surface area contributed by atoms with Crippen LogP contribution < -0.4 is 4.90 Å². The Bertz CT molecular complexity index is 521. The number of benzene rings is 1. The Morgan fingerprint density at radius 2 is 1.89 bits per heavy atom. The van der Waals surface area contributed by atoms with Gasteiger partial charge in [-0.3, -0.25) is 0 Å². The van der Waals surface area contributed by atoms with Crippen LogP contribution in [-0.4, -0.2) is 13.1 Å². The van der Waals surface area contributed by atoms with E-state index in [1.165, 1.54) is 31.7 Å². The minimum Gasteiger partial charge on any atom is -0.370 e. The van der Waals surface area contributed by atoms with Crippen molar-refractivity contribution in [1.82, 2.24) is 0 Å². The van der Waals surface area contributed by atoms with E-state index < -0.39 is 5.82 Å². The number of hydrogen-bond acceptors (Lipinski definition) is 2. The van der Waals surface area contributed by atoms with Crippen molar-refractivity contribution in [2.75, 3.05) is 18.0 Å². The van der Waals surface area contributed by atoms with Crippen LogP contribution in [0, 0.1) is 22.6 Å². The highest BCUT2D eigenvalue weighted by molar-refractivity contribution is 9.10. The highest BCUT2D eigenvalue weighted by atomic mass is 79.9. The second-order valence-corrected chi connectivity index (χ2v) is 6.30. The van der Waals surface area contributed by atoms with E-state index in [2.05, 4.69) is 20.8 Å². The largest absolute Gasteiger partial charge is 0.370 e. The highest BCUT2D eigenvalue weighted by Crippen LogP contribution is 2.54. The molecule has 1 saturated heterocycles. The van der Waals surface area contributed by atoms with Crippen LogP contribution in [0.5, 0.6) is 0 Å². The van der Waals surface area contributed by atoms with Crippen LogP contribution in [0.3, 0.4) is 0 Å². The summed E-state index contributed by atoms with van der Waals surface area (Å²) in [5, 5.41) is 9.10. The molecule has 2 fully saturated rings. The van der Waals surface area contributed by atoms with Crippen LogP contribution in [0.1, 0.15) is 31.2 Å². The summed E-state index contributed by atoms with van der Waals surface area (Å²) < 4.78 is 14.4. The van der Waals surface area contributed by atoms with Gasteiger partial charge in [-0.2, -0.15) is 5.26 Å². The second kappa shape index (κ2) is 4.24. The lowest BCUT2D eigenvalue weighted by atomic mass is 9.93. The summed E-state index contributed by atoms with van der Waals surface area (Å²) in [6.07, 6.45) is 5.04. The molecule has 2 aliphatic rings. The van der Waals surface area contributed by atoms with Crippen molar-refractivity contribution >= 4 is 21.6 Å². The van der Waals surface area contributed by atoms with Gasteiger partial charge in [-0.25, -0.2) is 4.39 Å². The van der Waals surface area contributed by atoms with Gasteiger partial charge in [0.15, 0.2) is 0 Å². The molecule has 1 aromatic carbocycles. The van der Waals surface area contributed by atoms with Gasteiger partial charge >= 0.3 is 0 Å². The number of halogens is 2. The molecule has 1 aliphatic heterocycles. The molecule has 94 valence electrons. The first-order valence-electron chi connectivity index (χ1n) is 6.28. The van der Waals surface area contributed by atoms with E-state index in [0.717, 1.165) is 18.8 Å². The van der Waals surface area contributed by atoms with Gasteiger partial charge in [0.25, 0.3) is 0 Å². The van der Waals surface area contributed by atoms with Crippen molar-refractivity contribution in [3.05, 3.63) is 28.0 Å². The third kappa shape index (κ3) is 2.01. The van der Waals surface area contributed by atoms with Gasteiger partial charge < -0.3 is 4.90 Å². The maximum atomic E-state index is 13.8. The molecule has 1 saturated carbocycles. The summed E-state index contributed by atoms with van der Waals surface area (Å²) in [4.78, 5) is 2.15. The number of hydrogen-bond donors (Lipinski definition) is 0. The lowest BCUT2D eigenvalue weighted by Gasteiger charge is -2.34. The first-order chi connectivity index (χ1) is 8.63. The predicted molar refractivity (Wildman–Crippen MR) is 71.9 cm³/mol. The Labute approximate surface area is 115 Å². The van der Waals surface area contributed by atoms with Crippen molar-refractivity contribution in [3.8, 4) is 6.07 Å². The number of anilines is 1. The fraction of sp³-hybridized carbons (Fsp3) is 0.500. The average Bonchev–Trinajstić information content (AvgIpc) is 3.09. The molecule has 0 N–H and O–H groups in total. The monoisotopic (exact) mass is 308 g/mol. The minimum atomic E-state index is -0.436. The molecule has 0 radical (unpaired) electrons. The van der Waals surface area contributed by atoms with Crippen LogP contribution >= 0.6 is 15.9 Å². The molecule has 1 spiro atoms. The molecular weight excluding hydrogens is 295 g/mol. The molecule has 1 heterocycles. The predicted octanol–water partition coefficient (Wildman–Crippen LogP) is 3.84. The van der Waals surface area contributed by atoms with Gasteiger partial charge in [0.05, 0.1) is 5.69 Å². The Kier molecular flexibility index (Phi) is 2.82. The highest BCUT2D eigenvalue weighted by Gasteiger charge is 2.44. The van der Waals surface area contributed by atoms with Gasteiger partial charge in [-0.15, -0.1) is 0 Å². The van der Waals surface area contributed by atoms with Gasteiger partial charge in [-0.05, 0) is 43.2 Å².